The number of nitrogens with zero attached hydrogens (tertiary/aromatic N) is 4. The quantitative estimate of drug-likeness (QED) is 0.375. The zero-order valence-corrected chi connectivity index (χ0v) is 24.7. The van der Waals surface area contributed by atoms with Gasteiger partial charge in [0.25, 0.3) is 11.8 Å². The number of para-hydroxylation sites is 1. The fourth-order valence-corrected chi connectivity index (χ4v) is 6.39. The molecule has 1 aromatic heterocycles. The highest BCUT2D eigenvalue weighted by atomic mass is 35.5. The predicted octanol–water partition coefficient (Wildman–Crippen LogP) is 5.33. The number of aromatic nitrogens is 1. The third kappa shape index (κ3) is 6.20. The van der Waals surface area contributed by atoms with Gasteiger partial charge in [0.2, 0.25) is 0 Å². The number of carbonyl (C=O) groups is 2. The molecule has 2 aliphatic heterocycles. The average Bonchev–Trinajstić information content (AvgIpc) is 3.48. The van der Waals surface area contributed by atoms with Crippen LogP contribution in [0.2, 0.25) is 5.02 Å². The molecular weight excluding hydrogens is 548 g/mol. The molecule has 40 heavy (non-hydrogen) atoms. The molecule has 0 saturated carbocycles. The first-order valence-electron chi connectivity index (χ1n) is 13.6. The number of halogens is 1. The highest BCUT2D eigenvalue weighted by Gasteiger charge is 2.37. The van der Waals surface area contributed by atoms with Crippen LogP contribution >= 0.6 is 22.9 Å². The van der Waals surface area contributed by atoms with E-state index in [1.165, 1.54) is 0 Å². The molecule has 2 amide bonds. The van der Waals surface area contributed by atoms with Gasteiger partial charge in [-0.05, 0) is 63.1 Å². The van der Waals surface area contributed by atoms with Crippen LogP contribution < -0.4 is 14.4 Å². The molecule has 10 heteroatoms. The van der Waals surface area contributed by atoms with E-state index in [4.69, 9.17) is 26.1 Å². The molecule has 0 aliphatic carbocycles. The summed E-state index contributed by atoms with van der Waals surface area (Å²) in [5.41, 5.74) is 0.619. The normalized spacial score (nSPS) is 16.6. The number of thiazole rings is 1. The molecule has 5 rings (SSSR count). The summed E-state index contributed by atoms with van der Waals surface area (Å²) < 4.78 is 11.3. The van der Waals surface area contributed by atoms with Crippen LogP contribution in [0.15, 0.2) is 53.9 Å². The number of piperazine rings is 1. The molecule has 3 aromatic rings. The van der Waals surface area contributed by atoms with Crippen LogP contribution in [0.1, 0.15) is 48.1 Å². The number of hydrogen-bond acceptors (Lipinski definition) is 7. The van der Waals surface area contributed by atoms with Crippen LogP contribution in [0.3, 0.4) is 0 Å². The largest absolute Gasteiger partial charge is 0.497 e. The third-order valence-corrected chi connectivity index (χ3v) is 8.91. The molecule has 2 aromatic carbocycles. The van der Waals surface area contributed by atoms with E-state index in [9.17, 15) is 9.59 Å². The minimum atomic E-state index is -1.03. The molecule has 2 fully saturated rings. The van der Waals surface area contributed by atoms with E-state index < -0.39 is 5.60 Å². The zero-order chi connectivity index (χ0) is 28.3. The Morgan fingerprint density at radius 3 is 2.27 bits per heavy atom. The van der Waals surface area contributed by atoms with Gasteiger partial charge in [0.15, 0.2) is 5.60 Å². The lowest BCUT2D eigenvalue weighted by molar-refractivity contribution is -0.146. The molecule has 3 heterocycles. The van der Waals surface area contributed by atoms with Crippen LogP contribution in [0.5, 0.6) is 11.5 Å². The van der Waals surface area contributed by atoms with Crippen molar-refractivity contribution in [2.24, 2.45) is 0 Å². The summed E-state index contributed by atoms with van der Waals surface area (Å²) in [5, 5.41) is 3.33. The number of amides is 2. The van der Waals surface area contributed by atoms with Crippen LogP contribution in [-0.4, -0.2) is 78.6 Å². The first-order chi connectivity index (χ1) is 19.2. The molecule has 2 aliphatic rings. The van der Waals surface area contributed by atoms with Gasteiger partial charge in [-0.25, -0.2) is 4.98 Å². The Morgan fingerprint density at radius 1 is 0.950 bits per heavy atom. The Morgan fingerprint density at radius 2 is 1.62 bits per heavy atom. The van der Waals surface area contributed by atoms with Gasteiger partial charge in [0, 0.05) is 56.3 Å². The number of methoxy groups -OCH3 is 1. The van der Waals surface area contributed by atoms with Gasteiger partial charge >= 0.3 is 0 Å². The van der Waals surface area contributed by atoms with Crippen molar-refractivity contribution in [1.29, 1.82) is 0 Å². The fraction of sp³-hybridized carbons (Fsp3) is 0.433. The Kier molecular flexibility index (Phi) is 8.51. The lowest BCUT2D eigenvalue weighted by Crippen LogP contribution is -2.51. The van der Waals surface area contributed by atoms with Crippen molar-refractivity contribution in [1.82, 2.24) is 14.8 Å². The molecule has 2 saturated heterocycles. The summed E-state index contributed by atoms with van der Waals surface area (Å²) in [6.45, 7) is 7.66. The van der Waals surface area contributed by atoms with Gasteiger partial charge in [-0.2, -0.15) is 0 Å². The number of ether oxygens (including phenoxy) is 2. The van der Waals surface area contributed by atoms with Crippen LogP contribution in [-0.2, 0) is 4.79 Å². The number of piperidine rings is 1. The minimum absolute atomic E-state index is 0.0111. The van der Waals surface area contributed by atoms with Crippen molar-refractivity contribution in [3.05, 3.63) is 69.6 Å². The summed E-state index contributed by atoms with van der Waals surface area (Å²) >= 11 is 7.78. The maximum atomic E-state index is 13.3. The monoisotopic (exact) mass is 582 g/mol. The van der Waals surface area contributed by atoms with Crippen molar-refractivity contribution < 1.29 is 19.1 Å². The SMILES string of the molecule is COc1ccc(N2CCN(C(=O)c3csc(C4CCN(C(=O)C(C)(C)Oc5ccccc5Cl)CC4)n3)CC2)cc1. The first-order valence-corrected chi connectivity index (χ1v) is 14.9. The van der Waals surface area contributed by atoms with Crippen LogP contribution in [0, 0.1) is 0 Å². The molecule has 0 N–H and O–H groups in total. The maximum absolute atomic E-state index is 13.3. The fourth-order valence-electron chi connectivity index (χ4n) is 5.25. The van der Waals surface area contributed by atoms with E-state index >= 15 is 0 Å². The summed E-state index contributed by atoms with van der Waals surface area (Å²) in [7, 11) is 1.66. The standard InChI is InChI=1S/C30H35ClN4O4S/c1-30(2,39-26-7-5-4-6-24(26)31)29(37)35-14-12-21(13-15-35)27-32-25(20-40-27)28(36)34-18-16-33(17-19-34)22-8-10-23(38-3)11-9-22/h4-11,20-21H,12-19H2,1-3H3. The van der Waals surface area contributed by atoms with Crippen molar-refractivity contribution in [3.8, 4) is 11.5 Å². The number of benzene rings is 2. The average molecular weight is 583 g/mol. The van der Waals surface area contributed by atoms with E-state index in [1.54, 1.807) is 44.4 Å². The minimum Gasteiger partial charge on any atom is -0.497 e. The van der Waals surface area contributed by atoms with Gasteiger partial charge in [-0.15, -0.1) is 11.3 Å². The topological polar surface area (TPSA) is 75.2 Å². The van der Waals surface area contributed by atoms with Crippen molar-refractivity contribution in [2.45, 2.75) is 38.2 Å². The Hall–Kier alpha value is -3.30. The Balaban J connectivity index is 1.12. The second-order valence-corrected chi connectivity index (χ2v) is 12.0. The highest BCUT2D eigenvalue weighted by Crippen LogP contribution is 2.33. The van der Waals surface area contributed by atoms with Gasteiger partial charge < -0.3 is 24.2 Å². The predicted molar refractivity (Wildman–Crippen MR) is 158 cm³/mol. The van der Waals surface area contributed by atoms with Crippen LogP contribution in [0.4, 0.5) is 5.69 Å². The molecule has 0 bridgehead atoms. The van der Waals surface area contributed by atoms with Crippen molar-refractivity contribution in [3.63, 3.8) is 0 Å². The number of rotatable bonds is 7. The van der Waals surface area contributed by atoms with E-state index in [0.717, 1.165) is 42.4 Å². The van der Waals surface area contributed by atoms with Gasteiger partial charge in [0.05, 0.1) is 17.1 Å². The van der Waals surface area contributed by atoms with E-state index in [1.807, 2.05) is 39.4 Å². The van der Waals surface area contributed by atoms with E-state index in [-0.39, 0.29) is 17.7 Å². The number of carbonyl (C=O) groups excluding carboxylic acids is 2. The van der Waals surface area contributed by atoms with Gasteiger partial charge in [-0.3, -0.25) is 9.59 Å². The van der Waals surface area contributed by atoms with Gasteiger partial charge in [-0.1, -0.05) is 23.7 Å². The molecule has 212 valence electrons. The molecule has 0 atom stereocenters. The van der Waals surface area contributed by atoms with E-state index in [0.29, 0.717) is 42.6 Å². The Labute approximate surface area is 244 Å². The lowest BCUT2D eigenvalue weighted by atomic mass is 9.96. The van der Waals surface area contributed by atoms with Crippen molar-refractivity contribution >= 4 is 40.4 Å². The van der Waals surface area contributed by atoms with Gasteiger partial charge in [0.1, 0.15) is 17.2 Å². The smallest absolute Gasteiger partial charge is 0.273 e. The number of hydrogen-bond donors (Lipinski definition) is 0. The number of likely N-dealkylation sites (tertiary alicyclic amines) is 1. The highest BCUT2D eigenvalue weighted by molar-refractivity contribution is 7.09. The zero-order valence-electron chi connectivity index (χ0n) is 23.1. The third-order valence-electron chi connectivity index (χ3n) is 7.59. The van der Waals surface area contributed by atoms with E-state index in [2.05, 4.69) is 17.0 Å². The molecule has 8 nitrogen and oxygen atoms in total. The molecular formula is C30H35ClN4O4S. The summed E-state index contributed by atoms with van der Waals surface area (Å²) in [5.74, 6) is 1.49. The molecule has 0 unspecified atom stereocenters. The second kappa shape index (κ2) is 12.1. The first kappa shape index (κ1) is 28.2. The summed E-state index contributed by atoms with van der Waals surface area (Å²) in [6, 6.07) is 15.2. The summed E-state index contributed by atoms with van der Waals surface area (Å²) in [4.78, 5) is 37.3. The van der Waals surface area contributed by atoms with Crippen LogP contribution in [0.25, 0.3) is 0 Å². The Bertz CT molecular complexity index is 1330. The maximum Gasteiger partial charge on any atom is 0.273 e. The number of anilines is 1. The lowest BCUT2D eigenvalue weighted by Gasteiger charge is -2.36. The summed E-state index contributed by atoms with van der Waals surface area (Å²) in [6.07, 6.45) is 1.60. The second-order valence-electron chi connectivity index (χ2n) is 10.7. The molecule has 0 spiro atoms. The van der Waals surface area contributed by atoms with Crippen molar-refractivity contribution in [2.75, 3.05) is 51.3 Å². The molecule has 0 radical (unpaired) electrons.